The van der Waals surface area contributed by atoms with Gasteiger partial charge in [-0.15, -0.1) is 0 Å². The van der Waals surface area contributed by atoms with E-state index in [9.17, 15) is 34.8 Å². The summed E-state index contributed by atoms with van der Waals surface area (Å²) in [4.78, 5) is 18.8. The molecule has 10 nitrogen and oxygen atoms in total. The van der Waals surface area contributed by atoms with Crippen molar-refractivity contribution >= 4 is 54.5 Å². The van der Waals surface area contributed by atoms with Gasteiger partial charge >= 0.3 is 16.4 Å². The first-order valence-corrected chi connectivity index (χ1v) is 16.9. The fourth-order valence-corrected chi connectivity index (χ4v) is 7.78. The molecule has 1 saturated heterocycles. The number of hydrogen-bond donors (Lipinski definition) is 3. The summed E-state index contributed by atoms with van der Waals surface area (Å²) in [5, 5.41) is -0.0323. The lowest BCUT2D eigenvalue weighted by Crippen LogP contribution is -2.31. The summed E-state index contributed by atoms with van der Waals surface area (Å²) in [7, 11) is -8.34. The molecule has 1 fully saturated rings. The third-order valence-corrected chi connectivity index (χ3v) is 10.4. The molecule has 4 aromatic carbocycles. The van der Waals surface area contributed by atoms with Gasteiger partial charge in [0.1, 0.15) is 12.4 Å². The van der Waals surface area contributed by atoms with Gasteiger partial charge < -0.3 is 4.98 Å². The van der Waals surface area contributed by atoms with Gasteiger partial charge in [0.25, 0.3) is 5.91 Å². The Balaban J connectivity index is 1.34. The highest BCUT2D eigenvalue weighted by molar-refractivity contribution is 7.92. The van der Waals surface area contributed by atoms with Gasteiger partial charge in [0.2, 0.25) is 10.0 Å². The van der Waals surface area contributed by atoms with Crippen molar-refractivity contribution in [3.63, 3.8) is 0 Å². The number of aromatic amines is 1. The average molecular weight is 690 g/mol. The smallest absolute Gasteiger partial charge is 0.341 e. The number of aromatic nitrogens is 2. The van der Waals surface area contributed by atoms with E-state index in [1.54, 1.807) is 12.1 Å². The van der Waals surface area contributed by atoms with Crippen molar-refractivity contribution < 1.29 is 34.8 Å². The lowest BCUT2D eigenvalue weighted by Gasteiger charge is -2.20. The molecule has 1 atom stereocenters. The number of nitrogens with zero attached hydrogens (tertiary/aromatic N) is 2. The van der Waals surface area contributed by atoms with Crippen LogP contribution in [0, 0.1) is 0 Å². The molecular weight excluding hydrogens is 667 g/mol. The van der Waals surface area contributed by atoms with E-state index in [1.165, 1.54) is 36.4 Å². The van der Waals surface area contributed by atoms with E-state index >= 15 is 0 Å². The lowest BCUT2D eigenvalue weighted by atomic mass is 10.1. The van der Waals surface area contributed by atoms with Crippen LogP contribution in [0.5, 0.6) is 0 Å². The number of hydrogen-bond acceptors (Lipinski definition) is 6. The van der Waals surface area contributed by atoms with Crippen molar-refractivity contribution in [2.75, 3.05) is 10.8 Å². The van der Waals surface area contributed by atoms with Crippen molar-refractivity contribution in [1.29, 1.82) is 0 Å². The van der Waals surface area contributed by atoms with E-state index in [2.05, 4.69) is 14.7 Å². The molecule has 6 rings (SSSR count). The fraction of sp³-hybridized carbons (Fsp3) is 0.133. The molecule has 1 aliphatic rings. The second-order valence-electron chi connectivity index (χ2n) is 10.4. The van der Waals surface area contributed by atoms with Gasteiger partial charge in [-0.25, -0.2) is 27.2 Å². The summed E-state index contributed by atoms with van der Waals surface area (Å²) < 4.78 is 97.2. The topological polar surface area (TPSA) is 141 Å². The number of fused-ring (bicyclic) bond motifs is 1. The maximum Gasteiger partial charge on any atom is 0.416 e. The highest BCUT2D eigenvalue weighted by Gasteiger charge is 2.35. The molecule has 0 bridgehead atoms. The largest absolute Gasteiger partial charge is 0.416 e. The van der Waals surface area contributed by atoms with Gasteiger partial charge in [-0.1, -0.05) is 60.1 Å². The van der Waals surface area contributed by atoms with Crippen LogP contribution < -0.4 is 13.7 Å². The van der Waals surface area contributed by atoms with E-state index in [1.807, 2.05) is 35.1 Å². The molecule has 0 spiro atoms. The number of alkyl halides is 3. The highest BCUT2D eigenvalue weighted by atomic mass is 35.5. The Morgan fingerprint density at radius 2 is 1.65 bits per heavy atom. The van der Waals surface area contributed by atoms with Gasteiger partial charge in [-0.2, -0.15) is 21.6 Å². The number of imidazole rings is 1. The average Bonchev–Trinajstić information content (AvgIpc) is 3.55. The predicted octanol–water partition coefficient (Wildman–Crippen LogP) is 5.35. The zero-order chi connectivity index (χ0) is 32.9. The first-order valence-electron chi connectivity index (χ1n) is 13.6. The first kappa shape index (κ1) is 31.5. The standard InChI is InChI=1S/C30H23ClF3N5O5S2/c31-23-14-18(6-13-27(23)39-17-28(40)38-46(39,43)44)15-26(29-35-24-12-9-21(30(32,33)34)16-25(24)36-29)37-45(41,42)22-10-7-20(8-11-22)19-4-2-1-3-5-19/h1-14,16,26,37H,15,17H2,(H,35,36)(H,38,40)/t26-/m0/s1. The summed E-state index contributed by atoms with van der Waals surface area (Å²) in [5.41, 5.74) is 1.48. The minimum Gasteiger partial charge on any atom is -0.341 e. The molecule has 1 aromatic heterocycles. The molecule has 1 aliphatic heterocycles. The Hall–Kier alpha value is -4.44. The van der Waals surface area contributed by atoms with Crippen molar-refractivity contribution in [3.8, 4) is 11.1 Å². The van der Waals surface area contributed by atoms with Gasteiger partial charge in [-0.05, 0) is 65.6 Å². The quantitative estimate of drug-likeness (QED) is 0.201. The molecule has 0 radical (unpaired) electrons. The van der Waals surface area contributed by atoms with Crippen LogP contribution in [0.4, 0.5) is 18.9 Å². The summed E-state index contributed by atoms with van der Waals surface area (Å²) in [6, 6.07) is 21.6. The monoisotopic (exact) mass is 689 g/mol. The molecule has 238 valence electrons. The minimum atomic E-state index is -4.60. The maximum absolute atomic E-state index is 13.6. The SMILES string of the molecule is O=C1CN(c2ccc(C[C@H](NS(=O)(=O)c3ccc(-c4ccccc4)cc3)c3nc4ccc(C(F)(F)F)cc4[nH]3)cc2Cl)S(=O)(=O)N1. The van der Waals surface area contributed by atoms with Crippen LogP contribution in [0.3, 0.4) is 0 Å². The van der Waals surface area contributed by atoms with Gasteiger partial charge in [0.15, 0.2) is 0 Å². The highest BCUT2D eigenvalue weighted by Crippen LogP contribution is 2.34. The Bertz CT molecular complexity index is 2180. The summed E-state index contributed by atoms with van der Waals surface area (Å²) in [6.45, 7) is -0.466. The molecule has 0 aliphatic carbocycles. The number of nitrogens with one attached hydrogen (secondary N) is 3. The molecule has 0 unspecified atom stereocenters. The summed E-state index contributed by atoms with van der Waals surface area (Å²) >= 11 is 6.42. The van der Waals surface area contributed by atoms with E-state index < -0.39 is 50.5 Å². The number of carbonyl (C=O) groups excluding carboxylic acids is 1. The summed E-state index contributed by atoms with van der Waals surface area (Å²) in [6.07, 6.45) is -4.69. The molecule has 1 amide bonds. The van der Waals surface area contributed by atoms with Gasteiger partial charge in [-0.3, -0.25) is 4.79 Å². The Morgan fingerprint density at radius 1 is 0.957 bits per heavy atom. The van der Waals surface area contributed by atoms with Crippen molar-refractivity contribution in [3.05, 3.63) is 113 Å². The van der Waals surface area contributed by atoms with E-state index in [0.717, 1.165) is 27.6 Å². The Labute approximate surface area is 266 Å². The number of halogens is 4. The van der Waals surface area contributed by atoms with Crippen LogP contribution in [0.1, 0.15) is 23.0 Å². The molecule has 0 saturated carbocycles. The molecule has 2 heterocycles. The second kappa shape index (κ2) is 11.7. The molecular formula is C30H23ClF3N5O5S2. The number of H-pyrrole nitrogens is 1. The maximum atomic E-state index is 13.6. The third kappa shape index (κ3) is 6.44. The van der Waals surface area contributed by atoms with E-state index in [0.29, 0.717) is 5.56 Å². The summed E-state index contributed by atoms with van der Waals surface area (Å²) in [5.74, 6) is -0.694. The molecule has 16 heteroatoms. The van der Waals surface area contributed by atoms with Crippen LogP contribution in [0.15, 0.2) is 95.9 Å². The molecule has 46 heavy (non-hydrogen) atoms. The van der Waals surface area contributed by atoms with Crippen molar-refractivity contribution in [2.45, 2.75) is 23.5 Å². The van der Waals surface area contributed by atoms with Crippen LogP contribution in [-0.4, -0.2) is 39.3 Å². The number of rotatable bonds is 8. The van der Waals surface area contributed by atoms with E-state index in [-0.39, 0.29) is 38.9 Å². The molecule has 5 aromatic rings. The minimum absolute atomic E-state index is 0.0304. The van der Waals surface area contributed by atoms with E-state index in [4.69, 9.17) is 11.6 Å². The number of benzene rings is 4. The lowest BCUT2D eigenvalue weighted by molar-refractivity contribution is -0.137. The third-order valence-electron chi connectivity index (χ3n) is 7.27. The Kier molecular flexibility index (Phi) is 8.04. The number of carbonyl (C=O) groups is 1. The van der Waals surface area contributed by atoms with Crippen LogP contribution >= 0.6 is 11.6 Å². The molecule has 3 N–H and O–H groups in total. The van der Waals surface area contributed by atoms with Gasteiger partial charge in [0, 0.05) is 0 Å². The zero-order valence-electron chi connectivity index (χ0n) is 23.4. The van der Waals surface area contributed by atoms with Gasteiger partial charge in [0.05, 0.1) is 38.2 Å². The van der Waals surface area contributed by atoms with Crippen molar-refractivity contribution in [2.24, 2.45) is 0 Å². The van der Waals surface area contributed by atoms with Crippen LogP contribution in [-0.2, 0) is 37.6 Å². The first-order chi connectivity index (χ1) is 21.7. The Morgan fingerprint density at radius 3 is 2.28 bits per heavy atom. The van der Waals surface area contributed by atoms with Crippen molar-refractivity contribution in [1.82, 2.24) is 19.4 Å². The fourth-order valence-electron chi connectivity index (χ4n) is 5.05. The van der Waals surface area contributed by atoms with Crippen LogP contribution in [0.25, 0.3) is 22.2 Å². The zero-order valence-corrected chi connectivity index (χ0v) is 25.8. The predicted molar refractivity (Wildman–Crippen MR) is 166 cm³/mol. The number of sulfonamides is 1. The number of amides is 1. The number of anilines is 1. The normalized spacial score (nSPS) is 15.7. The second-order valence-corrected chi connectivity index (χ2v) is 14.2. The van der Waals surface area contributed by atoms with Crippen LogP contribution in [0.2, 0.25) is 5.02 Å².